The molecule has 2 aliphatic rings. The first-order valence-corrected chi connectivity index (χ1v) is 8.09. The predicted molar refractivity (Wildman–Crippen MR) is 81.6 cm³/mol. The Balaban J connectivity index is 1.74. The molecule has 126 valence electrons. The van der Waals surface area contributed by atoms with Crippen molar-refractivity contribution in [2.45, 2.75) is 38.8 Å². The van der Waals surface area contributed by atoms with Gasteiger partial charge in [-0.2, -0.15) is 0 Å². The van der Waals surface area contributed by atoms with Crippen LogP contribution in [0.15, 0.2) is 0 Å². The maximum atomic E-state index is 12.2. The molecule has 2 amide bonds. The van der Waals surface area contributed by atoms with E-state index < -0.39 is 12.1 Å². The van der Waals surface area contributed by atoms with E-state index in [2.05, 4.69) is 11.8 Å². The molecule has 0 spiro atoms. The lowest BCUT2D eigenvalue weighted by Gasteiger charge is -2.38. The fourth-order valence-corrected chi connectivity index (χ4v) is 3.22. The van der Waals surface area contributed by atoms with Crippen LogP contribution in [-0.2, 0) is 4.79 Å². The molecule has 2 heterocycles. The second-order valence-corrected chi connectivity index (χ2v) is 6.46. The lowest BCUT2D eigenvalue weighted by atomic mass is 9.96. The number of carbonyl (C=O) groups excluding carboxylic acids is 1. The minimum atomic E-state index is -1.03. The Morgan fingerprint density at radius 1 is 1.23 bits per heavy atom. The van der Waals surface area contributed by atoms with Crippen molar-refractivity contribution in [3.05, 3.63) is 0 Å². The number of amides is 2. The van der Waals surface area contributed by atoms with Crippen molar-refractivity contribution in [1.82, 2.24) is 14.7 Å². The van der Waals surface area contributed by atoms with E-state index in [1.807, 2.05) is 0 Å². The zero-order chi connectivity index (χ0) is 16.3. The predicted octanol–water partition coefficient (Wildman–Crippen LogP) is 0.290. The number of carbonyl (C=O) groups is 2. The number of rotatable bonds is 4. The van der Waals surface area contributed by atoms with Crippen LogP contribution in [0.1, 0.15) is 26.7 Å². The molecular formula is C15H27N3O4. The van der Waals surface area contributed by atoms with Gasteiger partial charge in [0.25, 0.3) is 0 Å². The Hall–Kier alpha value is -1.34. The van der Waals surface area contributed by atoms with Gasteiger partial charge in [0.15, 0.2) is 0 Å². The highest BCUT2D eigenvalue weighted by atomic mass is 16.4. The zero-order valence-electron chi connectivity index (χ0n) is 13.4. The third-order valence-corrected chi connectivity index (χ3v) is 4.90. The standard InChI is InChI=1S/C15H27N3O4/c1-11-4-7-16(10-13(11)19)5-3-6-17-8-9-18(15(21)22)12(2)14(17)20/h11-13,19H,3-10H2,1-2H3,(H,21,22)/t11-,12-,13+/m0/s1. The van der Waals surface area contributed by atoms with E-state index in [0.717, 1.165) is 25.9 Å². The van der Waals surface area contributed by atoms with Crippen LogP contribution in [0, 0.1) is 5.92 Å². The lowest BCUT2D eigenvalue weighted by Crippen LogP contribution is -2.57. The number of aliphatic hydroxyl groups excluding tert-OH is 1. The summed E-state index contributed by atoms with van der Waals surface area (Å²) in [4.78, 5) is 28.4. The monoisotopic (exact) mass is 313 g/mol. The highest BCUT2D eigenvalue weighted by Crippen LogP contribution is 2.17. The first kappa shape index (κ1) is 17.0. The zero-order valence-corrected chi connectivity index (χ0v) is 13.4. The molecule has 2 aliphatic heterocycles. The molecule has 7 heteroatoms. The summed E-state index contributed by atoms with van der Waals surface area (Å²) >= 11 is 0. The fourth-order valence-electron chi connectivity index (χ4n) is 3.22. The van der Waals surface area contributed by atoms with Crippen LogP contribution in [0.5, 0.6) is 0 Å². The molecule has 2 fully saturated rings. The Kier molecular flexibility index (Phi) is 5.63. The normalized spacial score (nSPS) is 30.7. The number of piperazine rings is 1. The second kappa shape index (κ2) is 7.28. The van der Waals surface area contributed by atoms with Gasteiger partial charge < -0.3 is 20.0 Å². The fraction of sp³-hybridized carbons (Fsp3) is 0.867. The van der Waals surface area contributed by atoms with Crippen LogP contribution in [0.25, 0.3) is 0 Å². The van der Waals surface area contributed by atoms with Gasteiger partial charge in [-0.3, -0.25) is 9.69 Å². The van der Waals surface area contributed by atoms with Crippen molar-refractivity contribution >= 4 is 12.0 Å². The molecule has 0 radical (unpaired) electrons. The van der Waals surface area contributed by atoms with Crippen LogP contribution >= 0.6 is 0 Å². The van der Waals surface area contributed by atoms with Crippen LogP contribution < -0.4 is 0 Å². The van der Waals surface area contributed by atoms with Crippen LogP contribution in [0.4, 0.5) is 4.79 Å². The molecule has 0 bridgehead atoms. The van der Waals surface area contributed by atoms with Gasteiger partial charge in [0.05, 0.1) is 6.10 Å². The SMILES string of the molecule is C[C@H]1CCN(CCCN2CCN(C(=O)O)[C@@H](C)C2=O)C[C@H]1O. The summed E-state index contributed by atoms with van der Waals surface area (Å²) in [6.07, 6.45) is 0.576. The Morgan fingerprint density at radius 3 is 2.59 bits per heavy atom. The molecule has 22 heavy (non-hydrogen) atoms. The molecule has 2 rings (SSSR count). The largest absolute Gasteiger partial charge is 0.465 e. The maximum Gasteiger partial charge on any atom is 0.408 e. The van der Waals surface area contributed by atoms with E-state index in [1.165, 1.54) is 4.90 Å². The molecule has 0 aromatic heterocycles. The molecule has 7 nitrogen and oxygen atoms in total. The minimum Gasteiger partial charge on any atom is -0.465 e. The van der Waals surface area contributed by atoms with Crippen molar-refractivity contribution in [2.24, 2.45) is 5.92 Å². The summed E-state index contributed by atoms with van der Waals surface area (Å²) in [6, 6.07) is -0.594. The number of likely N-dealkylation sites (tertiary alicyclic amines) is 1. The molecule has 2 saturated heterocycles. The topological polar surface area (TPSA) is 84.3 Å². The average Bonchev–Trinajstić information content (AvgIpc) is 2.47. The number of nitrogens with zero attached hydrogens (tertiary/aromatic N) is 3. The van der Waals surface area contributed by atoms with E-state index in [-0.39, 0.29) is 12.0 Å². The second-order valence-electron chi connectivity index (χ2n) is 6.46. The van der Waals surface area contributed by atoms with Crippen LogP contribution in [0.2, 0.25) is 0 Å². The van der Waals surface area contributed by atoms with Crippen molar-refractivity contribution < 1.29 is 19.8 Å². The summed E-state index contributed by atoms with van der Waals surface area (Å²) in [5.41, 5.74) is 0. The molecule has 3 atom stereocenters. The number of hydrogen-bond donors (Lipinski definition) is 2. The van der Waals surface area contributed by atoms with Gasteiger partial charge in [-0.25, -0.2) is 4.79 Å². The molecule has 0 aliphatic carbocycles. The van der Waals surface area contributed by atoms with Crippen molar-refractivity contribution in [3.63, 3.8) is 0 Å². The molecule has 0 saturated carbocycles. The van der Waals surface area contributed by atoms with Gasteiger partial charge in [0.1, 0.15) is 6.04 Å². The highest BCUT2D eigenvalue weighted by Gasteiger charge is 2.34. The van der Waals surface area contributed by atoms with E-state index in [9.17, 15) is 14.7 Å². The number of carboxylic acid groups (broad SMARTS) is 1. The molecule has 0 unspecified atom stereocenters. The van der Waals surface area contributed by atoms with Crippen LogP contribution in [-0.4, -0.2) is 88.3 Å². The number of piperidine rings is 1. The maximum absolute atomic E-state index is 12.2. The summed E-state index contributed by atoms with van der Waals surface area (Å²) < 4.78 is 0. The third-order valence-electron chi connectivity index (χ3n) is 4.90. The van der Waals surface area contributed by atoms with E-state index >= 15 is 0 Å². The van der Waals surface area contributed by atoms with E-state index in [0.29, 0.717) is 32.1 Å². The number of hydrogen-bond acceptors (Lipinski definition) is 4. The quantitative estimate of drug-likeness (QED) is 0.779. The Labute approximate surface area is 131 Å². The summed E-state index contributed by atoms with van der Waals surface area (Å²) in [5, 5.41) is 18.9. The van der Waals surface area contributed by atoms with Gasteiger partial charge in [0, 0.05) is 26.2 Å². The Bertz CT molecular complexity index is 418. The first-order chi connectivity index (χ1) is 10.4. The van der Waals surface area contributed by atoms with Crippen molar-refractivity contribution in [1.29, 1.82) is 0 Å². The van der Waals surface area contributed by atoms with Crippen molar-refractivity contribution in [3.8, 4) is 0 Å². The molecular weight excluding hydrogens is 286 g/mol. The van der Waals surface area contributed by atoms with Gasteiger partial charge in [-0.05, 0) is 38.8 Å². The summed E-state index contributed by atoms with van der Waals surface area (Å²) in [5.74, 6) is 0.253. The van der Waals surface area contributed by atoms with E-state index in [1.54, 1.807) is 11.8 Å². The summed E-state index contributed by atoms with van der Waals surface area (Å²) in [7, 11) is 0. The number of aliphatic hydroxyl groups is 1. The molecule has 0 aromatic rings. The first-order valence-electron chi connectivity index (χ1n) is 8.09. The van der Waals surface area contributed by atoms with Gasteiger partial charge in [0.2, 0.25) is 5.91 Å². The van der Waals surface area contributed by atoms with Gasteiger partial charge >= 0.3 is 6.09 Å². The van der Waals surface area contributed by atoms with Gasteiger partial charge in [-0.15, -0.1) is 0 Å². The summed E-state index contributed by atoms with van der Waals surface area (Å²) in [6.45, 7) is 7.78. The smallest absolute Gasteiger partial charge is 0.408 e. The van der Waals surface area contributed by atoms with E-state index in [4.69, 9.17) is 5.11 Å². The Morgan fingerprint density at radius 2 is 1.95 bits per heavy atom. The third kappa shape index (κ3) is 3.89. The molecule has 0 aromatic carbocycles. The minimum absolute atomic E-state index is 0.110. The van der Waals surface area contributed by atoms with Crippen LogP contribution in [0.3, 0.4) is 0 Å². The molecule has 2 N–H and O–H groups in total. The van der Waals surface area contributed by atoms with Gasteiger partial charge in [-0.1, -0.05) is 6.92 Å². The number of β-amino-alcohol motifs (C(OH)–C–C–N with tert-alkyl or cyclic N) is 1. The average molecular weight is 313 g/mol. The lowest BCUT2D eigenvalue weighted by molar-refractivity contribution is -0.139. The highest BCUT2D eigenvalue weighted by molar-refractivity contribution is 5.86. The van der Waals surface area contributed by atoms with Crippen molar-refractivity contribution in [2.75, 3.05) is 39.3 Å².